The molecule has 0 radical (unpaired) electrons. The van der Waals surface area contributed by atoms with Crippen LogP contribution in [0.3, 0.4) is 0 Å². The maximum Gasteiger partial charge on any atom is 0.185 e. The number of nitrogens with one attached hydrogen (secondary N) is 1. The van der Waals surface area contributed by atoms with Gasteiger partial charge in [0.15, 0.2) is 5.13 Å². The van der Waals surface area contributed by atoms with Crippen LogP contribution in [0.4, 0.5) is 5.13 Å². The van der Waals surface area contributed by atoms with Crippen molar-refractivity contribution in [1.82, 2.24) is 10.3 Å². The molecule has 1 aliphatic carbocycles. The lowest BCUT2D eigenvalue weighted by Gasteiger charge is -2.29. The largest absolute Gasteiger partial charge is 0.351 e. The quantitative estimate of drug-likeness (QED) is 0.880. The van der Waals surface area contributed by atoms with Crippen LogP contribution in [-0.4, -0.2) is 25.6 Å². The van der Waals surface area contributed by atoms with Gasteiger partial charge >= 0.3 is 0 Å². The molecule has 0 aliphatic heterocycles. The molecule has 1 fully saturated rings. The number of anilines is 1. The molecule has 1 saturated carbocycles. The number of nitrogens with zero attached hydrogens (tertiary/aromatic N) is 2. The minimum absolute atomic E-state index is 0.867. The lowest BCUT2D eigenvalue weighted by Crippen LogP contribution is -2.29. The molecule has 2 aromatic rings. The second-order valence-electron chi connectivity index (χ2n) is 5.84. The highest BCUT2D eigenvalue weighted by atomic mass is 32.1. The Morgan fingerprint density at radius 3 is 2.67 bits per heavy atom. The van der Waals surface area contributed by atoms with Crippen molar-refractivity contribution in [3.05, 3.63) is 35.2 Å². The smallest absolute Gasteiger partial charge is 0.185 e. The summed E-state index contributed by atoms with van der Waals surface area (Å²) in [6, 6.07) is 10.5. The molecule has 3 nitrogen and oxygen atoms in total. The van der Waals surface area contributed by atoms with E-state index in [0.29, 0.717) is 0 Å². The van der Waals surface area contributed by atoms with Gasteiger partial charge in [-0.3, -0.25) is 0 Å². The summed E-state index contributed by atoms with van der Waals surface area (Å²) in [5, 5.41) is 4.41. The summed E-state index contributed by atoms with van der Waals surface area (Å²) < 4.78 is 0. The van der Waals surface area contributed by atoms with Crippen LogP contribution in [0.15, 0.2) is 30.3 Å². The van der Waals surface area contributed by atoms with Crippen LogP contribution < -0.4 is 10.2 Å². The predicted molar refractivity (Wildman–Crippen MR) is 90.9 cm³/mol. The topological polar surface area (TPSA) is 28.2 Å². The van der Waals surface area contributed by atoms with Crippen LogP contribution in [-0.2, 0) is 6.54 Å². The van der Waals surface area contributed by atoms with Gasteiger partial charge in [0.2, 0.25) is 0 Å². The van der Waals surface area contributed by atoms with Gasteiger partial charge in [-0.2, -0.15) is 0 Å². The van der Waals surface area contributed by atoms with E-state index in [2.05, 4.69) is 47.6 Å². The van der Waals surface area contributed by atoms with E-state index in [1.165, 1.54) is 29.7 Å². The van der Waals surface area contributed by atoms with Gasteiger partial charge in [0.05, 0.1) is 5.69 Å². The van der Waals surface area contributed by atoms with Crippen LogP contribution >= 0.6 is 11.3 Å². The molecule has 0 unspecified atom stereocenters. The Hall–Kier alpha value is -1.39. The van der Waals surface area contributed by atoms with Crippen LogP contribution in [0.2, 0.25) is 0 Å². The third-order valence-corrected chi connectivity index (χ3v) is 5.32. The molecule has 1 aromatic heterocycles. The molecular weight excluding hydrogens is 278 g/mol. The first-order valence-electron chi connectivity index (χ1n) is 7.69. The number of rotatable bonds is 6. The highest BCUT2D eigenvalue weighted by molar-refractivity contribution is 7.16. The fourth-order valence-electron chi connectivity index (χ4n) is 2.75. The monoisotopic (exact) mass is 301 g/mol. The van der Waals surface area contributed by atoms with E-state index in [1.54, 1.807) is 0 Å². The summed E-state index contributed by atoms with van der Waals surface area (Å²) in [4.78, 5) is 8.57. The molecule has 1 heterocycles. The summed E-state index contributed by atoms with van der Waals surface area (Å²) in [7, 11) is 4.17. The number of aromatic nitrogens is 1. The molecular formula is C17H23N3S. The zero-order valence-electron chi connectivity index (χ0n) is 12.8. The molecule has 21 heavy (non-hydrogen) atoms. The van der Waals surface area contributed by atoms with Crippen molar-refractivity contribution in [2.24, 2.45) is 5.92 Å². The van der Waals surface area contributed by atoms with E-state index in [4.69, 9.17) is 4.98 Å². The van der Waals surface area contributed by atoms with Crippen molar-refractivity contribution < 1.29 is 0 Å². The first kappa shape index (κ1) is 14.5. The van der Waals surface area contributed by atoms with Gasteiger partial charge in [0.1, 0.15) is 0 Å². The Labute approximate surface area is 131 Å². The van der Waals surface area contributed by atoms with Crippen molar-refractivity contribution in [2.75, 3.05) is 25.5 Å². The first-order valence-corrected chi connectivity index (χ1v) is 8.50. The molecule has 4 heteroatoms. The summed E-state index contributed by atoms with van der Waals surface area (Å²) in [5.41, 5.74) is 2.34. The third-order valence-electron chi connectivity index (χ3n) is 4.15. The molecule has 0 amide bonds. The molecule has 0 saturated heterocycles. The maximum absolute atomic E-state index is 4.91. The summed E-state index contributed by atoms with van der Waals surface area (Å²) in [6.07, 6.45) is 4.16. The third kappa shape index (κ3) is 3.27. The summed E-state index contributed by atoms with van der Waals surface area (Å²) in [6.45, 7) is 2.01. The Morgan fingerprint density at radius 1 is 1.29 bits per heavy atom. The maximum atomic E-state index is 4.91. The first-order chi connectivity index (χ1) is 10.3. The predicted octanol–water partition coefficient (Wildman–Crippen LogP) is 3.77. The van der Waals surface area contributed by atoms with Gasteiger partial charge in [0.25, 0.3) is 0 Å². The zero-order chi connectivity index (χ0) is 14.7. The van der Waals surface area contributed by atoms with Crippen LogP contribution in [0, 0.1) is 5.92 Å². The van der Waals surface area contributed by atoms with Gasteiger partial charge in [-0.15, -0.1) is 0 Å². The average molecular weight is 301 g/mol. The van der Waals surface area contributed by atoms with E-state index in [0.717, 1.165) is 29.8 Å². The van der Waals surface area contributed by atoms with E-state index in [-0.39, 0.29) is 0 Å². The van der Waals surface area contributed by atoms with Gasteiger partial charge < -0.3 is 10.2 Å². The number of thiazole rings is 1. The fourth-order valence-corrected chi connectivity index (χ4v) is 3.81. The van der Waals surface area contributed by atoms with Crippen LogP contribution in [0.25, 0.3) is 11.3 Å². The molecule has 1 aromatic carbocycles. The van der Waals surface area contributed by atoms with Crippen molar-refractivity contribution in [3.8, 4) is 11.3 Å². The van der Waals surface area contributed by atoms with E-state index < -0.39 is 0 Å². The minimum Gasteiger partial charge on any atom is -0.351 e. The summed E-state index contributed by atoms with van der Waals surface area (Å²) in [5.74, 6) is 0.867. The highest BCUT2D eigenvalue weighted by Crippen LogP contribution is 2.34. The standard InChI is InChI=1S/C17H23N3S/c1-18-11-15-16(14-9-4-3-5-10-14)19-17(21-15)20(2)12-13-7-6-8-13/h3-5,9-10,13,18H,6-8,11-12H2,1-2H3. The highest BCUT2D eigenvalue weighted by Gasteiger charge is 2.21. The van der Waals surface area contributed by atoms with E-state index >= 15 is 0 Å². The Kier molecular flexibility index (Phi) is 4.56. The Morgan fingerprint density at radius 2 is 2.05 bits per heavy atom. The van der Waals surface area contributed by atoms with E-state index in [9.17, 15) is 0 Å². The lowest BCUT2D eigenvalue weighted by molar-refractivity contribution is 0.321. The molecule has 0 spiro atoms. The van der Waals surface area contributed by atoms with Crippen molar-refractivity contribution in [3.63, 3.8) is 0 Å². The van der Waals surface area contributed by atoms with Crippen LogP contribution in [0.1, 0.15) is 24.1 Å². The van der Waals surface area contributed by atoms with Gasteiger partial charge in [-0.1, -0.05) is 48.1 Å². The molecule has 112 valence electrons. The molecule has 0 atom stereocenters. The minimum atomic E-state index is 0.867. The lowest BCUT2D eigenvalue weighted by atomic mass is 9.85. The Bertz CT molecular complexity index is 575. The number of hydrogen-bond acceptors (Lipinski definition) is 4. The zero-order valence-corrected chi connectivity index (χ0v) is 13.6. The van der Waals surface area contributed by atoms with E-state index in [1.807, 2.05) is 18.4 Å². The fraction of sp³-hybridized carbons (Fsp3) is 0.471. The molecule has 1 N–H and O–H groups in total. The average Bonchev–Trinajstić information content (AvgIpc) is 2.88. The summed E-state index contributed by atoms with van der Waals surface area (Å²) >= 11 is 1.82. The molecule has 3 rings (SSSR count). The Balaban J connectivity index is 1.85. The van der Waals surface area contributed by atoms with Crippen molar-refractivity contribution >= 4 is 16.5 Å². The van der Waals surface area contributed by atoms with Gasteiger partial charge in [0, 0.05) is 30.6 Å². The van der Waals surface area contributed by atoms with Gasteiger partial charge in [-0.25, -0.2) is 4.98 Å². The molecule has 1 aliphatic rings. The van der Waals surface area contributed by atoms with Crippen molar-refractivity contribution in [1.29, 1.82) is 0 Å². The molecule has 0 bridgehead atoms. The SMILES string of the molecule is CNCc1sc(N(C)CC2CCC2)nc1-c1ccccc1. The second-order valence-corrected chi connectivity index (χ2v) is 6.90. The normalized spacial score (nSPS) is 15.0. The van der Waals surface area contributed by atoms with Crippen LogP contribution in [0.5, 0.6) is 0 Å². The second kappa shape index (κ2) is 6.58. The number of benzene rings is 1. The number of hydrogen-bond donors (Lipinski definition) is 1. The van der Waals surface area contributed by atoms with Gasteiger partial charge in [-0.05, 0) is 25.8 Å². The van der Waals surface area contributed by atoms with Crippen molar-refractivity contribution in [2.45, 2.75) is 25.8 Å².